The van der Waals surface area contributed by atoms with E-state index in [1.165, 1.54) is 18.5 Å². The summed E-state index contributed by atoms with van der Waals surface area (Å²) in [6, 6.07) is 9.06. The number of H-pyrrole nitrogens is 1. The van der Waals surface area contributed by atoms with Crippen LogP contribution in [-0.2, 0) is 11.2 Å². The topological polar surface area (TPSA) is 99.3 Å². The minimum absolute atomic E-state index is 0.114. The Balaban J connectivity index is 2.14. The number of pyridine rings is 1. The Hall–Kier alpha value is -2.89. The SMILES string of the molecule is O=C(NC(Cc1ccccc1)C(=O)O)c1c[nH]ccc1=O. The molecule has 0 aliphatic carbocycles. The van der Waals surface area contributed by atoms with Gasteiger partial charge in [-0.25, -0.2) is 4.79 Å². The van der Waals surface area contributed by atoms with Gasteiger partial charge in [-0.15, -0.1) is 0 Å². The van der Waals surface area contributed by atoms with Crippen molar-refractivity contribution >= 4 is 11.9 Å². The van der Waals surface area contributed by atoms with E-state index in [-0.39, 0.29) is 12.0 Å². The zero-order valence-electron chi connectivity index (χ0n) is 11.1. The van der Waals surface area contributed by atoms with Crippen LogP contribution < -0.4 is 10.7 Å². The molecule has 0 fully saturated rings. The number of aliphatic carboxylic acids is 1. The average molecular weight is 286 g/mol. The summed E-state index contributed by atoms with van der Waals surface area (Å²) in [5, 5.41) is 11.6. The molecule has 3 N–H and O–H groups in total. The van der Waals surface area contributed by atoms with Gasteiger partial charge >= 0.3 is 5.97 Å². The molecule has 1 atom stereocenters. The third-order valence-corrected chi connectivity index (χ3v) is 2.95. The number of carbonyl (C=O) groups is 2. The van der Waals surface area contributed by atoms with Crippen LogP contribution in [0.15, 0.2) is 53.6 Å². The zero-order chi connectivity index (χ0) is 15.2. The highest BCUT2D eigenvalue weighted by atomic mass is 16.4. The second-order valence-electron chi connectivity index (χ2n) is 4.48. The highest BCUT2D eigenvalue weighted by Crippen LogP contribution is 2.04. The van der Waals surface area contributed by atoms with Gasteiger partial charge in [0.1, 0.15) is 11.6 Å². The molecule has 0 saturated carbocycles. The van der Waals surface area contributed by atoms with Gasteiger partial charge < -0.3 is 15.4 Å². The van der Waals surface area contributed by atoms with Crippen LogP contribution in [0, 0.1) is 0 Å². The zero-order valence-corrected chi connectivity index (χ0v) is 11.1. The lowest BCUT2D eigenvalue weighted by Gasteiger charge is -2.14. The maximum Gasteiger partial charge on any atom is 0.326 e. The van der Waals surface area contributed by atoms with Gasteiger partial charge in [0.25, 0.3) is 5.91 Å². The summed E-state index contributed by atoms with van der Waals surface area (Å²) in [5.41, 5.74) is 0.207. The summed E-state index contributed by atoms with van der Waals surface area (Å²) in [6.45, 7) is 0. The number of rotatable bonds is 5. The first-order chi connectivity index (χ1) is 10.1. The molecular weight excluding hydrogens is 272 g/mol. The van der Waals surface area contributed by atoms with E-state index in [2.05, 4.69) is 10.3 Å². The molecule has 6 heteroatoms. The molecule has 2 rings (SSSR count). The molecule has 1 unspecified atom stereocenters. The fourth-order valence-electron chi connectivity index (χ4n) is 1.88. The van der Waals surface area contributed by atoms with Gasteiger partial charge in [-0.2, -0.15) is 0 Å². The summed E-state index contributed by atoms with van der Waals surface area (Å²) >= 11 is 0. The summed E-state index contributed by atoms with van der Waals surface area (Å²) in [5.74, 6) is -1.86. The van der Waals surface area contributed by atoms with E-state index in [0.717, 1.165) is 5.56 Å². The second kappa shape index (κ2) is 6.51. The summed E-state index contributed by atoms with van der Waals surface area (Å²) in [4.78, 5) is 37.4. The van der Waals surface area contributed by atoms with Crippen molar-refractivity contribution in [3.8, 4) is 0 Å². The van der Waals surface area contributed by atoms with Gasteiger partial charge in [-0.05, 0) is 5.56 Å². The van der Waals surface area contributed by atoms with Crippen LogP contribution in [0.1, 0.15) is 15.9 Å². The predicted octanol–water partition coefficient (Wildman–Crippen LogP) is 0.801. The van der Waals surface area contributed by atoms with Gasteiger partial charge in [-0.3, -0.25) is 9.59 Å². The highest BCUT2D eigenvalue weighted by Gasteiger charge is 2.22. The fourth-order valence-corrected chi connectivity index (χ4v) is 1.88. The number of carboxylic acid groups (broad SMARTS) is 1. The van der Waals surface area contributed by atoms with Gasteiger partial charge in [0, 0.05) is 24.9 Å². The van der Waals surface area contributed by atoms with E-state index in [9.17, 15) is 19.5 Å². The van der Waals surface area contributed by atoms with Crippen molar-refractivity contribution in [1.82, 2.24) is 10.3 Å². The van der Waals surface area contributed by atoms with Crippen molar-refractivity contribution in [3.63, 3.8) is 0 Å². The van der Waals surface area contributed by atoms with Crippen molar-refractivity contribution < 1.29 is 14.7 Å². The number of hydrogen-bond acceptors (Lipinski definition) is 3. The number of carbonyl (C=O) groups excluding carboxylic acids is 1. The molecule has 0 spiro atoms. The van der Waals surface area contributed by atoms with Crippen molar-refractivity contribution in [2.75, 3.05) is 0 Å². The Morgan fingerprint density at radius 2 is 1.90 bits per heavy atom. The number of carboxylic acids is 1. The molecule has 0 bridgehead atoms. The van der Waals surface area contributed by atoms with Crippen molar-refractivity contribution in [3.05, 3.63) is 70.1 Å². The standard InChI is InChI=1S/C15H14N2O4/c18-13-6-7-16-9-11(13)14(19)17-12(15(20)21)8-10-4-2-1-3-5-10/h1-7,9,12H,8H2,(H,16,18)(H,17,19)(H,20,21). The van der Waals surface area contributed by atoms with E-state index < -0.39 is 23.3 Å². The molecule has 0 radical (unpaired) electrons. The van der Waals surface area contributed by atoms with E-state index in [1.807, 2.05) is 6.07 Å². The third kappa shape index (κ3) is 3.79. The number of benzene rings is 1. The molecule has 1 amide bonds. The van der Waals surface area contributed by atoms with E-state index in [0.29, 0.717) is 0 Å². The largest absolute Gasteiger partial charge is 0.480 e. The maximum absolute atomic E-state index is 12.0. The minimum atomic E-state index is -1.15. The van der Waals surface area contributed by atoms with Crippen LogP contribution in [-0.4, -0.2) is 28.0 Å². The second-order valence-corrected chi connectivity index (χ2v) is 4.48. The number of nitrogens with one attached hydrogen (secondary N) is 2. The van der Waals surface area contributed by atoms with Crippen LogP contribution in [0.3, 0.4) is 0 Å². The Bertz CT molecular complexity index is 694. The molecule has 6 nitrogen and oxygen atoms in total. The normalized spacial score (nSPS) is 11.6. The minimum Gasteiger partial charge on any atom is -0.480 e. The molecule has 1 aromatic carbocycles. The van der Waals surface area contributed by atoms with Crippen molar-refractivity contribution in [2.45, 2.75) is 12.5 Å². The van der Waals surface area contributed by atoms with Gasteiger partial charge in [0.05, 0.1) is 0 Å². The molecule has 1 aromatic heterocycles. The smallest absolute Gasteiger partial charge is 0.326 e. The molecule has 2 aromatic rings. The maximum atomic E-state index is 12.0. The summed E-state index contributed by atoms with van der Waals surface area (Å²) in [6.07, 6.45) is 2.80. The lowest BCUT2D eigenvalue weighted by molar-refractivity contribution is -0.139. The van der Waals surface area contributed by atoms with Crippen LogP contribution in [0.25, 0.3) is 0 Å². The number of hydrogen-bond donors (Lipinski definition) is 3. The summed E-state index contributed by atoms with van der Waals surface area (Å²) < 4.78 is 0. The monoisotopic (exact) mass is 286 g/mol. The molecule has 0 saturated heterocycles. The first-order valence-corrected chi connectivity index (χ1v) is 6.32. The Morgan fingerprint density at radius 1 is 1.19 bits per heavy atom. The quantitative estimate of drug-likeness (QED) is 0.757. The lowest BCUT2D eigenvalue weighted by atomic mass is 10.1. The van der Waals surface area contributed by atoms with E-state index in [4.69, 9.17) is 0 Å². The summed E-state index contributed by atoms with van der Waals surface area (Å²) in [7, 11) is 0. The van der Waals surface area contributed by atoms with Crippen LogP contribution in [0.4, 0.5) is 0 Å². The number of aromatic nitrogens is 1. The first-order valence-electron chi connectivity index (χ1n) is 6.32. The molecule has 0 aliphatic rings. The van der Waals surface area contributed by atoms with Crippen LogP contribution in [0.2, 0.25) is 0 Å². The average Bonchev–Trinajstić information content (AvgIpc) is 2.48. The number of amides is 1. The van der Waals surface area contributed by atoms with E-state index >= 15 is 0 Å². The Kier molecular flexibility index (Phi) is 4.50. The first kappa shape index (κ1) is 14.5. The van der Waals surface area contributed by atoms with Crippen LogP contribution in [0.5, 0.6) is 0 Å². The molecule has 0 aliphatic heterocycles. The van der Waals surface area contributed by atoms with Gasteiger partial charge in [-0.1, -0.05) is 30.3 Å². The third-order valence-electron chi connectivity index (χ3n) is 2.95. The van der Waals surface area contributed by atoms with Crippen molar-refractivity contribution in [2.24, 2.45) is 0 Å². The molecule has 108 valence electrons. The Labute approximate surface area is 120 Å². The van der Waals surface area contributed by atoms with Crippen LogP contribution >= 0.6 is 0 Å². The van der Waals surface area contributed by atoms with E-state index in [1.54, 1.807) is 24.3 Å². The fraction of sp³-hybridized carbons (Fsp3) is 0.133. The predicted molar refractivity (Wildman–Crippen MR) is 76.1 cm³/mol. The lowest BCUT2D eigenvalue weighted by Crippen LogP contribution is -2.43. The van der Waals surface area contributed by atoms with Gasteiger partial charge in [0.15, 0.2) is 5.43 Å². The molecular formula is C15H14N2O4. The molecule has 21 heavy (non-hydrogen) atoms. The molecule has 1 heterocycles. The highest BCUT2D eigenvalue weighted by molar-refractivity contribution is 5.96. The van der Waals surface area contributed by atoms with Gasteiger partial charge in [0.2, 0.25) is 0 Å². The Morgan fingerprint density at radius 3 is 2.52 bits per heavy atom. The van der Waals surface area contributed by atoms with Crippen molar-refractivity contribution in [1.29, 1.82) is 0 Å². The number of aromatic amines is 1.